The molecule has 8 heteroatoms. The molecule has 0 bridgehead atoms. The molecule has 0 spiro atoms. The number of nitrogens with one attached hydrogen (secondary N) is 1. The molecule has 1 aromatic carbocycles. The van der Waals surface area contributed by atoms with Crippen LogP contribution in [0.15, 0.2) is 39.8 Å². The van der Waals surface area contributed by atoms with Crippen molar-refractivity contribution in [2.45, 2.75) is 44.6 Å². The second-order valence-electron chi connectivity index (χ2n) is 6.97. The molecule has 1 amide bonds. The van der Waals surface area contributed by atoms with Crippen molar-refractivity contribution in [2.75, 3.05) is 13.1 Å². The second-order valence-corrected chi connectivity index (χ2v) is 8.85. The van der Waals surface area contributed by atoms with Crippen molar-refractivity contribution in [1.29, 1.82) is 0 Å². The van der Waals surface area contributed by atoms with Gasteiger partial charge in [-0.1, -0.05) is 35.5 Å². The van der Waals surface area contributed by atoms with Gasteiger partial charge in [0.1, 0.15) is 10.6 Å². The Kier molecular flexibility index (Phi) is 5.67. The number of hydrogen-bond acceptors (Lipinski definition) is 5. The predicted molar refractivity (Wildman–Crippen MR) is 100 cm³/mol. The van der Waals surface area contributed by atoms with Gasteiger partial charge in [0.2, 0.25) is 15.9 Å². The number of carbonyl (C=O) groups excluding carboxylic acids is 1. The topological polar surface area (TPSA) is 92.5 Å². The molecule has 1 atom stereocenters. The molecular weight excluding hydrogens is 366 g/mol. The normalized spacial score (nSPS) is 17.6. The van der Waals surface area contributed by atoms with E-state index in [1.54, 1.807) is 13.8 Å². The monoisotopic (exact) mass is 391 g/mol. The minimum absolute atomic E-state index is 0.0271. The van der Waals surface area contributed by atoms with Crippen LogP contribution < -0.4 is 5.32 Å². The maximum Gasteiger partial charge on any atom is 0.248 e. The molecule has 1 fully saturated rings. The largest absolute Gasteiger partial charge is 0.360 e. The first kappa shape index (κ1) is 19.6. The summed E-state index contributed by atoms with van der Waals surface area (Å²) in [6.45, 7) is 5.78. The molecule has 0 unspecified atom stereocenters. The Labute approximate surface area is 159 Å². The fraction of sp³-hybridized carbons (Fsp3) is 0.474. The van der Waals surface area contributed by atoms with Crippen LogP contribution in [0.25, 0.3) is 0 Å². The molecule has 7 nitrogen and oxygen atoms in total. The van der Waals surface area contributed by atoms with Crippen LogP contribution in [-0.2, 0) is 14.8 Å². The summed E-state index contributed by atoms with van der Waals surface area (Å²) in [6, 6.07) is 9.69. The lowest BCUT2D eigenvalue weighted by atomic mass is 9.96. The van der Waals surface area contributed by atoms with Crippen molar-refractivity contribution in [2.24, 2.45) is 5.92 Å². The third-order valence-corrected chi connectivity index (χ3v) is 7.19. The highest BCUT2D eigenvalue weighted by molar-refractivity contribution is 7.89. The zero-order chi connectivity index (χ0) is 19.6. The molecule has 1 aromatic heterocycles. The standard InChI is InChI=1S/C19H25N3O4S/c1-13(16-7-5-4-6-8-16)20-19(23)17-9-11-22(12-10-17)27(24,25)18-14(2)21-26-15(18)3/h4-8,13,17H,9-12H2,1-3H3,(H,20,23)/t13-/m1/s1. The molecule has 2 aromatic rings. The lowest BCUT2D eigenvalue weighted by Gasteiger charge is -2.31. The number of amides is 1. The molecule has 2 heterocycles. The first-order valence-electron chi connectivity index (χ1n) is 9.09. The molecule has 3 rings (SSSR count). The van der Waals surface area contributed by atoms with E-state index in [4.69, 9.17) is 4.52 Å². The van der Waals surface area contributed by atoms with Crippen LogP contribution in [0.1, 0.15) is 42.8 Å². The first-order chi connectivity index (χ1) is 12.8. The highest BCUT2D eigenvalue weighted by Gasteiger charge is 2.35. The van der Waals surface area contributed by atoms with Crippen molar-refractivity contribution < 1.29 is 17.7 Å². The van der Waals surface area contributed by atoms with Crippen LogP contribution in [0.5, 0.6) is 0 Å². The minimum Gasteiger partial charge on any atom is -0.360 e. The highest BCUT2D eigenvalue weighted by atomic mass is 32.2. The van der Waals surface area contributed by atoms with Gasteiger partial charge in [-0.05, 0) is 39.2 Å². The minimum atomic E-state index is -3.65. The number of aromatic nitrogens is 1. The highest BCUT2D eigenvalue weighted by Crippen LogP contribution is 2.28. The van der Waals surface area contributed by atoms with E-state index in [1.807, 2.05) is 37.3 Å². The van der Waals surface area contributed by atoms with Gasteiger partial charge in [0, 0.05) is 19.0 Å². The Hall–Kier alpha value is -2.19. The lowest BCUT2D eigenvalue weighted by Crippen LogP contribution is -2.43. The number of carbonyl (C=O) groups is 1. The number of hydrogen-bond donors (Lipinski definition) is 1. The van der Waals surface area contributed by atoms with Gasteiger partial charge in [-0.25, -0.2) is 8.42 Å². The summed E-state index contributed by atoms with van der Waals surface area (Å²) in [7, 11) is -3.65. The molecule has 1 aliphatic heterocycles. The average Bonchev–Trinajstić information content (AvgIpc) is 3.01. The number of nitrogens with zero attached hydrogens (tertiary/aromatic N) is 2. The summed E-state index contributed by atoms with van der Waals surface area (Å²) < 4.78 is 32.1. The van der Waals surface area contributed by atoms with E-state index in [2.05, 4.69) is 10.5 Å². The average molecular weight is 391 g/mol. The lowest BCUT2D eigenvalue weighted by molar-refractivity contribution is -0.126. The Bertz CT molecular complexity index is 881. The van der Waals surface area contributed by atoms with E-state index in [-0.39, 0.29) is 22.8 Å². The molecule has 1 N–H and O–H groups in total. The third-order valence-electron chi connectivity index (χ3n) is 5.05. The zero-order valence-corrected chi connectivity index (χ0v) is 16.6. The van der Waals surface area contributed by atoms with Gasteiger partial charge in [0.25, 0.3) is 0 Å². The zero-order valence-electron chi connectivity index (χ0n) is 15.8. The van der Waals surface area contributed by atoms with E-state index in [0.717, 1.165) is 5.56 Å². The Morgan fingerprint density at radius 2 is 1.85 bits per heavy atom. The fourth-order valence-electron chi connectivity index (χ4n) is 3.49. The van der Waals surface area contributed by atoms with Crippen LogP contribution in [0, 0.1) is 19.8 Å². The van der Waals surface area contributed by atoms with Gasteiger partial charge >= 0.3 is 0 Å². The van der Waals surface area contributed by atoms with E-state index in [0.29, 0.717) is 37.4 Å². The second kappa shape index (κ2) is 7.82. The van der Waals surface area contributed by atoms with Gasteiger partial charge in [0.15, 0.2) is 5.76 Å². The smallest absolute Gasteiger partial charge is 0.248 e. The van der Waals surface area contributed by atoms with Crippen molar-refractivity contribution >= 4 is 15.9 Å². The van der Waals surface area contributed by atoms with Gasteiger partial charge in [0.05, 0.1) is 6.04 Å². The summed E-state index contributed by atoms with van der Waals surface area (Å²) in [5.74, 6) is 0.0806. The fourth-order valence-corrected chi connectivity index (χ4v) is 5.25. The third kappa shape index (κ3) is 4.06. The first-order valence-corrected chi connectivity index (χ1v) is 10.5. The molecular formula is C19H25N3O4S. The van der Waals surface area contributed by atoms with Gasteiger partial charge in [-0.3, -0.25) is 4.79 Å². The van der Waals surface area contributed by atoms with Crippen molar-refractivity contribution in [3.8, 4) is 0 Å². The van der Waals surface area contributed by atoms with Crippen LogP contribution in [0.2, 0.25) is 0 Å². The summed E-state index contributed by atoms with van der Waals surface area (Å²) in [5.41, 5.74) is 1.41. The van der Waals surface area contributed by atoms with Gasteiger partial charge in [-0.2, -0.15) is 4.31 Å². The van der Waals surface area contributed by atoms with Crippen LogP contribution in [0.4, 0.5) is 0 Å². The number of rotatable bonds is 5. The van der Waals surface area contributed by atoms with Gasteiger partial charge in [-0.15, -0.1) is 0 Å². The SMILES string of the molecule is Cc1noc(C)c1S(=O)(=O)N1CCC(C(=O)N[C@H](C)c2ccccc2)CC1. The predicted octanol–water partition coefficient (Wildman–Crippen LogP) is 2.57. The van der Waals surface area contributed by atoms with Crippen LogP contribution >= 0.6 is 0 Å². The quantitative estimate of drug-likeness (QED) is 0.846. The molecule has 27 heavy (non-hydrogen) atoms. The van der Waals surface area contributed by atoms with E-state index >= 15 is 0 Å². The number of piperidine rings is 1. The van der Waals surface area contributed by atoms with Crippen molar-refractivity contribution in [3.05, 3.63) is 47.3 Å². The number of benzene rings is 1. The molecule has 0 saturated carbocycles. The summed E-state index contributed by atoms with van der Waals surface area (Å²) in [6.07, 6.45) is 0.992. The van der Waals surface area contributed by atoms with Gasteiger partial charge < -0.3 is 9.84 Å². The molecule has 146 valence electrons. The Balaban J connectivity index is 1.61. The number of sulfonamides is 1. The number of aryl methyl sites for hydroxylation is 2. The maximum absolute atomic E-state index is 12.9. The summed E-state index contributed by atoms with van der Waals surface area (Å²) in [4.78, 5) is 12.7. The van der Waals surface area contributed by atoms with Crippen LogP contribution in [0.3, 0.4) is 0 Å². The molecule has 0 aliphatic carbocycles. The molecule has 1 aliphatic rings. The van der Waals surface area contributed by atoms with E-state index < -0.39 is 10.0 Å². The van der Waals surface area contributed by atoms with E-state index in [9.17, 15) is 13.2 Å². The molecule has 0 radical (unpaired) electrons. The van der Waals surface area contributed by atoms with E-state index in [1.165, 1.54) is 4.31 Å². The summed E-state index contributed by atoms with van der Waals surface area (Å²) in [5, 5.41) is 6.77. The van der Waals surface area contributed by atoms with Crippen molar-refractivity contribution in [3.63, 3.8) is 0 Å². The van der Waals surface area contributed by atoms with Crippen LogP contribution in [-0.4, -0.2) is 36.9 Å². The summed E-state index contributed by atoms with van der Waals surface area (Å²) >= 11 is 0. The van der Waals surface area contributed by atoms with Crippen molar-refractivity contribution in [1.82, 2.24) is 14.8 Å². The Morgan fingerprint density at radius 3 is 2.41 bits per heavy atom. The molecule has 1 saturated heterocycles. The Morgan fingerprint density at radius 1 is 1.22 bits per heavy atom. The maximum atomic E-state index is 12.9.